The molecule has 3 aromatic rings. The van der Waals surface area contributed by atoms with E-state index < -0.39 is 22.5 Å². The summed E-state index contributed by atoms with van der Waals surface area (Å²) in [7, 11) is 0. The van der Waals surface area contributed by atoms with Crippen LogP contribution in [0.2, 0.25) is 0 Å². The number of fused-ring (bicyclic) bond motifs is 1. The van der Waals surface area contributed by atoms with Gasteiger partial charge in [-0.2, -0.15) is 0 Å². The normalized spacial score (nSPS) is 17.3. The molecule has 1 atom stereocenters. The lowest BCUT2D eigenvalue weighted by Gasteiger charge is -2.31. The zero-order chi connectivity index (χ0) is 22.9. The molecule has 1 unspecified atom stereocenters. The number of para-hydroxylation sites is 1. The fourth-order valence-corrected chi connectivity index (χ4v) is 5.40. The Balaban J connectivity index is 1.68. The molecule has 1 aliphatic rings. The number of amides is 2. The fraction of sp³-hybridized carbons (Fsp3) is 0.208. The van der Waals surface area contributed by atoms with Gasteiger partial charge in [0.1, 0.15) is 10.6 Å². The van der Waals surface area contributed by atoms with Crippen molar-refractivity contribution in [3.05, 3.63) is 65.0 Å². The Morgan fingerprint density at radius 1 is 1.12 bits per heavy atom. The number of hydrogen-bond donors (Lipinski definition) is 2. The molecule has 0 fully saturated rings. The van der Waals surface area contributed by atoms with Crippen molar-refractivity contribution in [3.63, 3.8) is 0 Å². The maximum Gasteiger partial charge on any atom is 0.341 e. The number of esters is 1. The number of carbonyl (C=O) groups is 3. The van der Waals surface area contributed by atoms with Crippen LogP contribution in [0.4, 0.5) is 10.7 Å². The zero-order valence-corrected chi connectivity index (χ0v) is 19.5. The number of hydrogen-bond acceptors (Lipinski definition) is 6. The number of ether oxygens (including phenoxy) is 1. The van der Waals surface area contributed by atoms with Gasteiger partial charge in [-0.05, 0) is 38.5 Å². The minimum absolute atomic E-state index is 0.210. The molecule has 0 radical (unpaired) electrons. The van der Waals surface area contributed by atoms with Crippen LogP contribution >= 0.6 is 23.1 Å². The number of aryl methyl sites for hydroxylation is 1. The topological polar surface area (TPSA) is 84.5 Å². The van der Waals surface area contributed by atoms with Gasteiger partial charge in [0.25, 0.3) is 5.91 Å². The largest absolute Gasteiger partial charge is 0.462 e. The van der Waals surface area contributed by atoms with Crippen molar-refractivity contribution in [1.82, 2.24) is 0 Å². The molecule has 0 bridgehead atoms. The summed E-state index contributed by atoms with van der Waals surface area (Å²) in [6.07, 6.45) is 0. The van der Waals surface area contributed by atoms with Crippen molar-refractivity contribution in [1.29, 1.82) is 0 Å². The maximum absolute atomic E-state index is 13.3. The monoisotopic (exact) mass is 466 g/mol. The van der Waals surface area contributed by atoms with Crippen LogP contribution in [0.15, 0.2) is 58.8 Å². The minimum atomic E-state index is -1.39. The molecule has 4 rings (SSSR count). The highest BCUT2D eigenvalue weighted by Crippen LogP contribution is 2.44. The first-order chi connectivity index (χ1) is 15.3. The second kappa shape index (κ2) is 8.80. The van der Waals surface area contributed by atoms with Gasteiger partial charge in [-0.1, -0.05) is 53.7 Å². The number of thiophene rings is 1. The lowest BCUT2D eigenvalue weighted by atomic mass is 10.0. The molecule has 2 heterocycles. The number of rotatable bonds is 5. The predicted octanol–water partition coefficient (Wildman–Crippen LogP) is 5.34. The number of thioether (sulfide) groups is 1. The van der Waals surface area contributed by atoms with Crippen molar-refractivity contribution in [3.8, 4) is 11.1 Å². The van der Waals surface area contributed by atoms with E-state index in [9.17, 15) is 14.4 Å². The van der Waals surface area contributed by atoms with Gasteiger partial charge < -0.3 is 15.4 Å². The highest BCUT2D eigenvalue weighted by molar-refractivity contribution is 8.02. The second-order valence-corrected chi connectivity index (χ2v) is 9.82. The summed E-state index contributed by atoms with van der Waals surface area (Å²) in [5.74, 6) is -1.43. The summed E-state index contributed by atoms with van der Waals surface area (Å²) in [6.45, 7) is 5.51. The molecule has 1 aliphatic heterocycles. The van der Waals surface area contributed by atoms with E-state index in [0.717, 1.165) is 16.0 Å². The molecule has 0 saturated carbocycles. The van der Waals surface area contributed by atoms with Crippen LogP contribution in [-0.4, -0.2) is 29.1 Å². The maximum atomic E-state index is 13.3. The van der Waals surface area contributed by atoms with Crippen LogP contribution in [0.1, 0.15) is 29.8 Å². The number of benzene rings is 2. The highest BCUT2D eigenvalue weighted by Gasteiger charge is 2.46. The average Bonchev–Trinajstić information content (AvgIpc) is 3.18. The summed E-state index contributed by atoms with van der Waals surface area (Å²) in [6, 6.07) is 15.1. The Labute approximate surface area is 194 Å². The summed E-state index contributed by atoms with van der Waals surface area (Å²) in [5.41, 5.74) is 3.60. The Kier molecular flexibility index (Phi) is 6.08. The Morgan fingerprint density at radius 2 is 1.84 bits per heavy atom. The van der Waals surface area contributed by atoms with E-state index in [0.29, 0.717) is 21.8 Å². The third-order valence-electron chi connectivity index (χ3n) is 5.18. The molecule has 32 heavy (non-hydrogen) atoms. The quantitative estimate of drug-likeness (QED) is 0.392. The predicted molar refractivity (Wildman–Crippen MR) is 128 cm³/mol. The summed E-state index contributed by atoms with van der Waals surface area (Å²) < 4.78 is 3.87. The Bertz CT molecular complexity index is 1200. The summed E-state index contributed by atoms with van der Waals surface area (Å²) >= 11 is 2.42. The first-order valence-electron chi connectivity index (χ1n) is 10.1. The number of nitrogens with one attached hydrogen (secondary N) is 2. The zero-order valence-electron chi connectivity index (χ0n) is 17.9. The van der Waals surface area contributed by atoms with Crippen molar-refractivity contribution in [2.75, 3.05) is 17.2 Å². The van der Waals surface area contributed by atoms with Gasteiger partial charge in [-0.15, -0.1) is 11.3 Å². The van der Waals surface area contributed by atoms with Crippen LogP contribution in [0.3, 0.4) is 0 Å². The molecule has 164 valence electrons. The molecule has 2 aromatic carbocycles. The van der Waals surface area contributed by atoms with Gasteiger partial charge in [0.15, 0.2) is 4.75 Å². The highest BCUT2D eigenvalue weighted by atomic mass is 32.2. The first-order valence-corrected chi connectivity index (χ1v) is 11.8. The fourth-order valence-electron chi connectivity index (χ4n) is 3.34. The van der Waals surface area contributed by atoms with E-state index in [2.05, 4.69) is 10.6 Å². The smallest absolute Gasteiger partial charge is 0.341 e. The molecular weight excluding hydrogens is 444 g/mol. The van der Waals surface area contributed by atoms with Gasteiger partial charge in [-0.25, -0.2) is 4.79 Å². The van der Waals surface area contributed by atoms with Crippen LogP contribution in [0, 0.1) is 6.92 Å². The molecular formula is C24H22N2O4S2. The number of carbonyl (C=O) groups excluding carboxylic acids is 3. The average molecular weight is 467 g/mol. The van der Waals surface area contributed by atoms with Crippen molar-refractivity contribution >= 4 is 51.6 Å². The molecule has 0 aliphatic carbocycles. The van der Waals surface area contributed by atoms with Crippen molar-refractivity contribution < 1.29 is 19.1 Å². The minimum Gasteiger partial charge on any atom is -0.462 e. The molecule has 6 nitrogen and oxygen atoms in total. The molecule has 2 amide bonds. The van der Waals surface area contributed by atoms with E-state index in [1.165, 1.54) is 23.1 Å². The van der Waals surface area contributed by atoms with E-state index in [4.69, 9.17) is 4.74 Å². The molecule has 1 aromatic heterocycles. The number of anilines is 2. The van der Waals surface area contributed by atoms with Crippen LogP contribution < -0.4 is 10.6 Å². The van der Waals surface area contributed by atoms with Crippen LogP contribution in [0.5, 0.6) is 0 Å². The van der Waals surface area contributed by atoms with Gasteiger partial charge in [0.2, 0.25) is 5.91 Å². The summed E-state index contributed by atoms with van der Waals surface area (Å²) in [4.78, 5) is 39.7. The van der Waals surface area contributed by atoms with Gasteiger partial charge in [0, 0.05) is 15.8 Å². The lowest BCUT2D eigenvalue weighted by molar-refractivity contribution is -0.126. The van der Waals surface area contributed by atoms with Gasteiger partial charge in [0.05, 0.1) is 12.3 Å². The Morgan fingerprint density at radius 3 is 2.56 bits per heavy atom. The van der Waals surface area contributed by atoms with Crippen molar-refractivity contribution in [2.45, 2.75) is 30.4 Å². The van der Waals surface area contributed by atoms with Gasteiger partial charge in [-0.3, -0.25) is 9.59 Å². The first kappa shape index (κ1) is 22.1. The third-order valence-corrected chi connectivity index (χ3v) is 7.43. The molecule has 0 spiro atoms. The SMILES string of the molecule is CCOC(=O)c1c(-c2ccc(C)cc2)csc1NC(=O)C1(C)Sc2ccccc2NC1=O. The molecule has 8 heteroatoms. The molecule has 2 N–H and O–H groups in total. The van der Waals surface area contributed by atoms with E-state index >= 15 is 0 Å². The van der Waals surface area contributed by atoms with Gasteiger partial charge >= 0.3 is 5.97 Å². The summed E-state index contributed by atoms with van der Waals surface area (Å²) in [5, 5.41) is 7.80. The molecule has 0 saturated heterocycles. The van der Waals surface area contributed by atoms with E-state index in [-0.39, 0.29) is 6.61 Å². The standard InChI is InChI=1S/C24H22N2O4S2/c1-4-30-21(27)19-16(15-11-9-14(2)10-12-15)13-31-20(19)26-23(29)24(3)22(28)25-17-7-5-6-8-18(17)32-24/h5-13H,4H2,1-3H3,(H,25,28)(H,26,29). The third kappa shape index (κ3) is 4.03. The van der Waals surface area contributed by atoms with E-state index in [1.54, 1.807) is 19.9 Å². The van der Waals surface area contributed by atoms with E-state index in [1.807, 2.05) is 54.8 Å². The lowest BCUT2D eigenvalue weighted by Crippen LogP contribution is -2.49. The second-order valence-electron chi connectivity index (χ2n) is 7.48. The Hall–Kier alpha value is -3.10. The van der Waals surface area contributed by atoms with Crippen molar-refractivity contribution in [2.24, 2.45) is 0 Å². The van der Waals surface area contributed by atoms with Crippen LogP contribution in [0.25, 0.3) is 11.1 Å². The van der Waals surface area contributed by atoms with Crippen LogP contribution in [-0.2, 0) is 14.3 Å².